The summed E-state index contributed by atoms with van der Waals surface area (Å²) < 4.78 is 0. The summed E-state index contributed by atoms with van der Waals surface area (Å²) in [5.41, 5.74) is 0. The van der Waals surface area contributed by atoms with Gasteiger partial charge in [-0.25, -0.2) is 9.97 Å². The lowest BCUT2D eigenvalue weighted by atomic mass is 9.99. The third kappa shape index (κ3) is 2.14. The Bertz CT molecular complexity index is 655. The van der Waals surface area contributed by atoms with Crippen molar-refractivity contribution in [3.63, 3.8) is 0 Å². The van der Waals surface area contributed by atoms with Crippen LogP contribution < -0.4 is 4.90 Å². The van der Waals surface area contributed by atoms with Gasteiger partial charge in [-0.2, -0.15) is 0 Å². The predicted octanol–water partition coefficient (Wildman–Crippen LogP) is 2.41. The lowest BCUT2D eigenvalue weighted by Crippen LogP contribution is -2.23. The van der Waals surface area contributed by atoms with E-state index in [2.05, 4.69) is 27.9 Å². The van der Waals surface area contributed by atoms with Gasteiger partial charge < -0.3 is 10.0 Å². The number of hydrogen-bond donors (Lipinski definition) is 1. The number of aromatic nitrogens is 2. The van der Waals surface area contributed by atoms with Crippen LogP contribution in [-0.4, -0.2) is 34.1 Å². The molecule has 1 aliphatic heterocycles. The van der Waals surface area contributed by atoms with Gasteiger partial charge >= 0.3 is 5.97 Å². The van der Waals surface area contributed by atoms with Crippen molar-refractivity contribution in [1.29, 1.82) is 0 Å². The first kappa shape index (κ1) is 13.3. The molecule has 3 rings (SSSR count). The van der Waals surface area contributed by atoms with Crippen LogP contribution in [0.1, 0.15) is 18.7 Å². The predicted molar refractivity (Wildman–Crippen MR) is 79.3 cm³/mol. The van der Waals surface area contributed by atoms with Gasteiger partial charge in [0.2, 0.25) is 0 Å². The SMILES string of the molecule is CCc1cc2c(N3CC(C)C(C(=O)O)C3)ncnc2s1. The quantitative estimate of drug-likeness (QED) is 0.940. The van der Waals surface area contributed by atoms with Crippen LogP contribution >= 0.6 is 11.3 Å². The molecule has 0 spiro atoms. The number of fused-ring (bicyclic) bond motifs is 1. The average Bonchev–Trinajstić information content (AvgIpc) is 3.00. The molecule has 0 radical (unpaired) electrons. The van der Waals surface area contributed by atoms with Crippen molar-refractivity contribution >= 4 is 33.3 Å². The van der Waals surface area contributed by atoms with Crippen molar-refractivity contribution in [3.05, 3.63) is 17.3 Å². The molecule has 2 aromatic rings. The van der Waals surface area contributed by atoms with Gasteiger partial charge in [0.05, 0.1) is 11.3 Å². The molecule has 0 aromatic carbocycles. The summed E-state index contributed by atoms with van der Waals surface area (Å²) in [4.78, 5) is 24.3. The fourth-order valence-corrected chi connectivity index (χ4v) is 3.71. The second-order valence-electron chi connectivity index (χ2n) is 5.31. The molecule has 1 saturated heterocycles. The monoisotopic (exact) mass is 291 g/mol. The summed E-state index contributed by atoms with van der Waals surface area (Å²) in [6.07, 6.45) is 2.56. The van der Waals surface area contributed by atoms with Gasteiger partial charge in [-0.15, -0.1) is 11.3 Å². The Morgan fingerprint density at radius 2 is 2.30 bits per heavy atom. The first-order valence-corrected chi connectivity index (χ1v) is 7.63. The fraction of sp³-hybridized carbons (Fsp3) is 0.500. The Kier molecular flexibility index (Phi) is 3.33. The molecule has 106 valence electrons. The summed E-state index contributed by atoms with van der Waals surface area (Å²) in [5.74, 6) is -0.0162. The first-order chi connectivity index (χ1) is 9.60. The maximum absolute atomic E-state index is 11.2. The topological polar surface area (TPSA) is 66.3 Å². The van der Waals surface area contributed by atoms with E-state index in [1.54, 1.807) is 17.7 Å². The lowest BCUT2D eigenvalue weighted by Gasteiger charge is -2.17. The molecule has 0 bridgehead atoms. The van der Waals surface area contributed by atoms with E-state index in [0.29, 0.717) is 6.54 Å². The molecular formula is C14H17N3O2S. The second-order valence-corrected chi connectivity index (χ2v) is 6.42. The molecule has 2 unspecified atom stereocenters. The Labute approximate surface area is 121 Å². The third-order valence-corrected chi connectivity index (χ3v) is 5.12. The van der Waals surface area contributed by atoms with E-state index in [1.807, 2.05) is 6.92 Å². The average molecular weight is 291 g/mol. The number of carbonyl (C=O) groups is 1. The minimum atomic E-state index is -0.718. The number of carboxylic acid groups (broad SMARTS) is 1. The van der Waals surface area contributed by atoms with Crippen molar-refractivity contribution < 1.29 is 9.90 Å². The molecule has 0 amide bonds. The number of rotatable bonds is 3. The minimum absolute atomic E-state index is 0.141. The van der Waals surface area contributed by atoms with Crippen LogP contribution in [0, 0.1) is 11.8 Å². The molecule has 2 atom stereocenters. The van der Waals surface area contributed by atoms with Crippen LogP contribution in [-0.2, 0) is 11.2 Å². The zero-order valence-electron chi connectivity index (χ0n) is 11.5. The number of carboxylic acids is 1. The summed E-state index contributed by atoms with van der Waals surface area (Å²) >= 11 is 1.68. The highest BCUT2D eigenvalue weighted by molar-refractivity contribution is 7.18. The summed E-state index contributed by atoms with van der Waals surface area (Å²) in [5, 5.41) is 10.3. The van der Waals surface area contributed by atoms with Crippen LogP contribution in [0.5, 0.6) is 0 Å². The molecule has 0 saturated carbocycles. The van der Waals surface area contributed by atoms with E-state index in [0.717, 1.165) is 29.0 Å². The number of aryl methyl sites for hydroxylation is 1. The number of thiophene rings is 1. The molecule has 2 aromatic heterocycles. The lowest BCUT2D eigenvalue weighted by molar-refractivity contribution is -0.142. The molecule has 5 nitrogen and oxygen atoms in total. The number of aliphatic carboxylic acids is 1. The van der Waals surface area contributed by atoms with Gasteiger partial charge in [0.15, 0.2) is 0 Å². The van der Waals surface area contributed by atoms with Crippen molar-refractivity contribution in [1.82, 2.24) is 9.97 Å². The van der Waals surface area contributed by atoms with Gasteiger partial charge in [0.25, 0.3) is 0 Å². The van der Waals surface area contributed by atoms with Crippen molar-refractivity contribution in [2.75, 3.05) is 18.0 Å². The highest BCUT2D eigenvalue weighted by Gasteiger charge is 2.36. The third-order valence-electron chi connectivity index (χ3n) is 3.94. The Morgan fingerprint density at radius 3 is 2.95 bits per heavy atom. The van der Waals surface area contributed by atoms with Crippen LogP contribution in [0.4, 0.5) is 5.82 Å². The standard InChI is InChI=1S/C14H17N3O2S/c1-3-9-4-10-12(15-7-16-13(10)20-9)17-5-8(2)11(6-17)14(18)19/h4,7-8,11H,3,5-6H2,1-2H3,(H,18,19). The van der Waals surface area contributed by atoms with Gasteiger partial charge in [-0.1, -0.05) is 13.8 Å². The second kappa shape index (κ2) is 5.01. The molecule has 0 aliphatic carbocycles. The normalized spacial score (nSPS) is 22.6. The van der Waals surface area contributed by atoms with Crippen molar-refractivity contribution in [2.24, 2.45) is 11.8 Å². The highest BCUT2D eigenvalue weighted by atomic mass is 32.1. The number of nitrogens with zero attached hydrogens (tertiary/aromatic N) is 3. The molecule has 3 heterocycles. The molecule has 1 aliphatic rings. The molecule has 1 fully saturated rings. The zero-order chi connectivity index (χ0) is 14.3. The largest absolute Gasteiger partial charge is 0.481 e. The fourth-order valence-electron chi connectivity index (χ4n) is 2.78. The smallest absolute Gasteiger partial charge is 0.308 e. The van der Waals surface area contributed by atoms with Crippen molar-refractivity contribution in [3.8, 4) is 0 Å². The van der Waals surface area contributed by atoms with Gasteiger partial charge in [0.1, 0.15) is 17.0 Å². The summed E-state index contributed by atoms with van der Waals surface area (Å²) in [7, 11) is 0. The first-order valence-electron chi connectivity index (χ1n) is 6.81. The van der Waals surface area contributed by atoms with E-state index in [-0.39, 0.29) is 11.8 Å². The molecular weight excluding hydrogens is 274 g/mol. The Hall–Kier alpha value is -1.69. The Balaban J connectivity index is 1.98. The maximum atomic E-state index is 11.2. The maximum Gasteiger partial charge on any atom is 0.308 e. The zero-order valence-corrected chi connectivity index (χ0v) is 12.4. The van der Waals surface area contributed by atoms with Gasteiger partial charge in [0, 0.05) is 18.0 Å². The number of anilines is 1. The molecule has 1 N–H and O–H groups in total. The van der Waals surface area contributed by atoms with Crippen LogP contribution in [0.3, 0.4) is 0 Å². The molecule has 20 heavy (non-hydrogen) atoms. The van der Waals surface area contributed by atoms with E-state index < -0.39 is 5.97 Å². The van der Waals surface area contributed by atoms with E-state index in [9.17, 15) is 9.90 Å². The highest BCUT2D eigenvalue weighted by Crippen LogP contribution is 2.34. The minimum Gasteiger partial charge on any atom is -0.481 e. The van der Waals surface area contributed by atoms with E-state index >= 15 is 0 Å². The Morgan fingerprint density at radius 1 is 1.50 bits per heavy atom. The van der Waals surface area contributed by atoms with Gasteiger partial charge in [-0.05, 0) is 18.4 Å². The van der Waals surface area contributed by atoms with Gasteiger partial charge in [-0.3, -0.25) is 4.79 Å². The van der Waals surface area contributed by atoms with Crippen LogP contribution in [0.15, 0.2) is 12.4 Å². The van der Waals surface area contributed by atoms with E-state index in [1.165, 1.54) is 4.88 Å². The summed E-state index contributed by atoms with van der Waals surface area (Å²) in [6.45, 7) is 5.37. The van der Waals surface area contributed by atoms with Crippen LogP contribution in [0.25, 0.3) is 10.2 Å². The number of hydrogen-bond acceptors (Lipinski definition) is 5. The van der Waals surface area contributed by atoms with Crippen molar-refractivity contribution in [2.45, 2.75) is 20.3 Å². The van der Waals surface area contributed by atoms with Crippen LogP contribution in [0.2, 0.25) is 0 Å². The molecule has 6 heteroatoms. The summed E-state index contributed by atoms with van der Waals surface area (Å²) in [6, 6.07) is 2.13. The van der Waals surface area contributed by atoms with E-state index in [4.69, 9.17) is 0 Å².